The number of carbonyl (C=O) groups is 1. The fourth-order valence-corrected chi connectivity index (χ4v) is 1.67. The Hall–Kier alpha value is -0.570. The van der Waals surface area contributed by atoms with E-state index in [9.17, 15) is 4.79 Å². The molecule has 0 aliphatic heterocycles. The molecule has 96 valence electrons. The summed E-state index contributed by atoms with van der Waals surface area (Å²) in [5.74, 6) is 0.910. The van der Waals surface area contributed by atoms with Crippen LogP contribution in [-0.2, 0) is 4.79 Å². The molecule has 3 heteroatoms. The Morgan fingerprint density at radius 2 is 1.94 bits per heavy atom. The Kier molecular flexibility index (Phi) is 9.30. The predicted molar refractivity (Wildman–Crippen MR) is 69.2 cm³/mol. The molecule has 0 aromatic heterocycles. The van der Waals surface area contributed by atoms with Crippen LogP contribution in [0.2, 0.25) is 0 Å². The summed E-state index contributed by atoms with van der Waals surface area (Å²) in [4.78, 5) is 13.9. The molecule has 0 saturated heterocycles. The lowest BCUT2D eigenvalue weighted by atomic mass is 10.1. The molecule has 0 aliphatic carbocycles. The van der Waals surface area contributed by atoms with E-state index in [4.69, 9.17) is 5.73 Å². The number of hydrogen-bond donors (Lipinski definition) is 1. The third kappa shape index (κ3) is 6.83. The quantitative estimate of drug-likeness (QED) is 0.616. The number of amides is 1. The van der Waals surface area contributed by atoms with Crippen molar-refractivity contribution < 1.29 is 4.79 Å². The maximum atomic E-state index is 11.9. The molecule has 0 heterocycles. The molecule has 1 atom stereocenters. The van der Waals surface area contributed by atoms with E-state index in [0.29, 0.717) is 18.2 Å². The number of nitrogens with zero attached hydrogens (tertiary/aromatic N) is 1. The van der Waals surface area contributed by atoms with Gasteiger partial charge in [-0.2, -0.15) is 0 Å². The molecule has 2 N–H and O–H groups in total. The molecule has 0 saturated carbocycles. The molecule has 0 spiro atoms. The molecular formula is C13H28N2O. The molecule has 0 aliphatic rings. The van der Waals surface area contributed by atoms with Crippen LogP contribution in [0.3, 0.4) is 0 Å². The van der Waals surface area contributed by atoms with Crippen LogP contribution in [0.15, 0.2) is 0 Å². The SMILES string of the molecule is CCC(C)CN(CC)C(=O)CCCCCN. The minimum atomic E-state index is 0.305. The van der Waals surface area contributed by atoms with Gasteiger partial charge in [-0.25, -0.2) is 0 Å². The summed E-state index contributed by atoms with van der Waals surface area (Å²) in [6.45, 7) is 8.90. The summed E-state index contributed by atoms with van der Waals surface area (Å²) in [6, 6.07) is 0. The van der Waals surface area contributed by atoms with Crippen molar-refractivity contribution in [2.24, 2.45) is 11.7 Å². The maximum absolute atomic E-state index is 11.9. The van der Waals surface area contributed by atoms with E-state index < -0.39 is 0 Å². The first-order valence-electron chi connectivity index (χ1n) is 6.63. The van der Waals surface area contributed by atoms with Crippen LogP contribution in [0.5, 0.6) is 0 Å². The van der Waals surface area contributed by atoms with Crippen molar-refractivity contribution in [3.05, 3.63) is 0 Å². The van der Waals surface area contributed by atoms with Crippen LogP contribution in [0.1, 0.15) is 52.9 Å². The van der Waals surface area contributed by atoms with Crippen molar-refractivity contribution in [2.45, 2.75) is 52.9 Å². The maximum Gasteiger partial charge on any atom is 0.222 e. The minimum absolute atomic E-state index is 0.305. The highest BCUT2D eigenvalue weighted by Crippen LogP contribution is 2.08. The topological polar surface area (TPSA) is 46.3 Å². The van der Waals surface area contributed by atoms with Crippen LogP contribution in [0.25, 0.3) is 0 Å². The van der Waals surface area contributed by atoms with Gasteiger partial charge in [-0.05, 0) is 32.2 Å². The van der Waals surface area contributed by atoms with Crippen molar-refractivity contribution in [1.82, 2.24) is 4.90 Å². The fraction of sp³-hybridized carbons (Fsp3) is 0.923. The highest BCUT2D eigenvalue weighted by Gasteiger charge is 2.13. The third-order valence-electron chi connectivity index (χ3n) is 3.06. The van der Waals surface area contributed by atoms with Gasteiger partial charge < -0.3 is 10.6 Å². The zero-order valence-corrected chi connectivity index (χ0v) is 11.2. The summed E-state index contributed by atoms with van der Waals surface area (Å²) < 4.78 is 0. The second-order valence-corrected chi connectivity index (χ2v) is 4.55. The van der Waals surface area contributed by atoms with Gasteiger partial charge in [0.2, 0.25) is 5.91 Å². The van der Waals surface area contributed by atoms with Gasteiger partial charge in [-0.3, -0.25) is 4.79 Å². The normalized spacial score (nSPS) is 12.5. The van der Waals surface area contributed by atoms with E-state index in [0.717, 1.165) is 45.3 Å². The van der Waals surface area contributed by atoms with Crippen LogP contribution in [0, 0.1) is 5.92 Å². The van der Waals surface area contributed by atoms with E-state index in [1.54, 1.807) is 0 Å². The number of hydrogen-bond acceptors (Lipinski definition) is 2. The fourth-order valence-electron chi connectivity index (χ4n) is 1.67. The van der Waals surface area contributed by atoms with Gasteiger partial charge in [0.05, 0.1) is 0 Å². The Labute approximate surface area is 100 Å². The zero-order chi connectivity index (χ0) is 12.4. The number of unbranched alkanes of at least 4 members (excludes halogenated alkanes) is 2. The van der Waals surface area contributed by atoms with E-state index in [1.807, 2.05) is 4.90 Å². The second-order valence-electron chi connectivity index (χ2n) is 4.55. The van der Waals surface area contributed by atoms with E-state index in [2.05, 4.69) is 20.8 Å². The van der Waals surface area contributed by atoms with E-state index in [1.165, 1.54) is 0 Å². The molecule has 3 nitrogen and oxygen atoms in total. The van der Waals surface area contributed by atoms with Crippen LogP contribution >= 0.6 is 0 Å². The zero-order valence-electron chi connectivity index (χ0n) is 11.2. The van der Waals surface area contributed by atoms with Crippen molar-refractivity contribution >= 4 is 5.91 Å². The Bertz CT molecular complexity index is 183. The van der Waals surface area contributed by atoms with Crippen molar-refractivity contribution in [2.75, 3.05) is 19.6 Å². The lowest BCUT2D eigenvalue weighted by Gasteiger charge is -2.24. The lowest BCUT2D eigenvalue weighted by Crippen LogP contribution is -2.34. The van der Waals surface area contributed by atoms with Crippen molar-refractivity contribution in [1.29, 1.82) is 0 Å². The number of nitrogens with two attached hydrogens (primary N) is 1. The molecular weight excluding hydrogens is 200 g/mol. The third-order valence-corrected chi connectivity index (χ3v) is 3.06. The molecule has 1 amide bonds. The molecule has 0 radical (unpaired) electrons. The smallest absolute Gasteiger partial charge is 0.222 e. The number of rotatable bonds is 9. The van der Waals surface area contributed by atoms with Crippen LogP contribution < -0.4 is 5.73 Å². The first kappa shape index (κ1) is 15.4. The molecule has 0 aromatic rings. The predicted octanol–water partition coefficient (Wildman–Crippen LogP) is 2.40. The minimum Gasteiger partial charge on any atom is -0.343 e. The van der Waals surface area contributed by atoms with Gasteiger partial charge in [0, 0.05) is 19.5 Å². The molecule has 0 bridgehead atoms. The number of carbonyl (C=O) groups excluding carboxylic acids is 1. The summed E-state index contributed by atoms with van der Waals surface area (Å²) in [5, 5.41) is 0. The van der Waals surface area contributed by atoms with Crippen LogP contribution in [0.4, 0.5) is 0 Å². The van der Waals surface area contributed by atoms with Gasteiger partial charge in [-0.15, -0.1) is 0 Å². The Balaban J connectivity index is 3.82. The highest BCUT2D eigenvalue weighted by molar-refractivity contribution is 5.76. The lowest BCUT2D eigenvalue weighted by molar-refractivity contribution is -0.131. The summed E-state index contributed by atoms with van der Waals surface area (Å²) in [6.07, 6.45) is 4.90. The van der Waals surface area contributed by atoms with Gasteiger partial charge in [0.15, 0.2) is 0 Å². The monoisotopic (exact) mass is 228 g/mol. The van der Waals surface area contributed by atoms with Crippen LogP contribution in [-0.4, -0.2) is 30.4 Å². The molecule has 0 aromatic carbocycles. The molecule has 16 heavy (non-hydrogen) atoms. The Morgan fingerprint density at radius 1 is 1.25 bits per heavy atom. The average Bonchev–Trinajstić information content (AvgIpc) is 2.30. The van der Waals surface area contributed by atoms with Gasteiger partial charge in [-0.1, -0.05) is 26.7 Å². The largest absolute Gasteiger partial charge is 0.343 e. The Morgan fingerprint density at radius 3 is 2.44 bits per heavy atom. The second kappa shape index (κ2) is 9.64. The molecule has 0 rings (SSSR count). The standard InChI is InChI=1S/C13H28N2O/c1-4-12(3)11-15(5-2)13(16)9-7-6-8-10-14/h12H,4-11,14H2,1-3H3. The summed E-state index contributed by atoms with van der Waals surface area (Å²) >= 11 is 0. The summed E-state index contributed by atoms with van der Waals surface area (Å²) in [5.41, 5.74) is 5.42. The first-order valence-corrected chi connectivity index (χ1v) is 6.63. The van der Waals surface area contributed by atoms with Gasteiger partial charge in [0.1, 0.15) is 0 Å². The van der Waals surface area contributed by atoms with Gasteiger partial charge in [0.25, 0.3) is 0 Å². The van der Waals surface area contributed by atoms with Crippen molar-refractivity contribution in [3.8, 4) is 0 Å². The van der Waals surface area contributed by atoms with Crippen molar-refractivity contribution in [3.63, 3.8) is 0 Å². The summed E-state index contributed by atoms with van der Waals surface area (Å²) in [7, 11) is 0. The van der Waals surface area contributed by atoms with Gasteiger partial charge >= 0.3 is 0 Å². The average molecular weight is 228 g/mol. The molecule has 0 fully saturated rings. The first-order chi connectivity index (χ1) is 7.65. The molecule has 1 unspecified atom stereocenters. The van der Waals surface area contributed by atoms with E-state index in [-0.39, 0.29) is 0 Å². The van der Waals surface area contributed by atoms with E-state index >= 15 is 0 Å². The highest BCUT2D eigenvalue weighted by atomic mass is 16.2.